The molecule has 1 atom stereocenters. The van der Waals surface area contributed by atoms with Crippen LogP contribution in [0.4, 0.5) is 5.69 Å². The largest absolute Gasteiger partial charge is 0.481 e. The molecule has 4 rings (SSSR count). The number of pyridine rings is 2. The van der Waals surface area contributed by atoms with Gasteiger partial charge in [-0.1, -0.05) is 6.08 Å². The van der Waals surface area contributed by atoms with E-state index in [1.54, 1.807) is 25.6 Å². The molecule has 0 radical (unpaired) electrons. The predicted octanol–water partition coefficient (Wildman–Crippen LogP) is 1.78. The predicted molar refractivity (Wildman–Crippen MR) is 120 cm³/mol. The van der Waals surface area contributed by atoms with E-state index in [-0.39, 0.29) is 17.5 Å². The smallest absolute Gasteiger partial charge is 0.271 e. The van der Waals surface area contributed by atoms with E-state index in [2.05, 4.69) is 14.9 Å². The van der Waals surface area contributed by atoms with Crippen LogP contribution >= 0.6 is 0 Å². The van der Waals surface area contributed by atoms with Crippen LogP contribution in [0.1, 0.15) is 19.3 Å². The Labute approximate surface area is 181 Å². The highest BCUT2D eigenvalue weighted by atomic mass is 16.5. The minimum atomic E-state index is -0.113. The van der Waals surface area contributed by atoms with E-state index in [9.17, 15) is 9.59 Å². The average Bonchev–Trinajstić information content (AvgIpc) is 3.49. The summed E-state index contributed by atoms with van der Waals surface area (Å²) in [6, 6.07) is 5.79. The number of methoxy groups -OCH3 is 1. The number of anilines is 1. The van der Waals surface area contributed by atoms with Gasteiger partial charge in [-0.05, 0) is 42.9 Å². The number of carbonyl (C=O) groups is 1. The zero-order chi connectivity index (χ0) is 21.8. The molecule has 8 heteroatoms. The Hall–Kier alpha value is -3.13. The third-order valence-electron chi connectivity index (χ3n) is 5.93. The number of hydrogen-bond acceptors (Lipinski definition) is 6. The van der Waals surface area contributed by atoms with Gasteiger partial charge >= 0.3 is 0 Å². The number of amides is 1. The summed E-state index contributed by atoms with van der Waals surface area (Å²) in [4.78, 5) is 36.3. The lowest BCUT2D eigenvalue weighted by Gasteiger charge is -2.31. The van der Waals surface area contributed by atoms with Gasteiger partial charge in [-0.15, -0.1) is 0 Å². The third kappa shape index (κ3) is 4.96. The maximum Gasteiger partial charge on any atom is 0.271 e. The first-order chi connectivity index (χ1) is 15.1. The number of nitrogens with two attached hydrogens (primary N) is 1. The van der Waals surface area contributed by atoms with Crippen LogP contribution in [0.3, 0.4) is 0 Å². The second-order valence-electron chi connectivity index (χ2n) is 8.15. The number of likely N-dealkylation sites (tertiary alicyclic amines) is 1. The van der Waals surface area contributed by atoms with Gasteiger partial charge in [-0.3, -0.25) is 9.59 Å². The Morgan fingerprint density at radius 1 is 1.35 bits per heavy atom. The average molecular weight is 424 g/mol. The van der Waals surface area contributed by atoms with Crippen molar-refractivity contribution in [3.8, 4) is 17.0 Å². The van der Waals surface area contributed by atoms with Crippen LogP contribution in [-0.2, 0) is 4.79 Å². The van der Waals surface area contributed by atoms with E-state index in [1.807, 2.05) is 23.1 Å². The maximum absolute atomic E-state index is 12.8. The summed E-state index contributed by atoms with van der Waals surface area (Å²) in [5.74, 6) is 1.10. The SMILES string of the molecule is COc1cc(-c2c[nH]c(=O)c(N(CC3CC3)[C@H]3CCN(C(=O)/C=C/CN)C3)c2)ccn1. The van der Waals surface area contributed by atoms with Crippen molar-refractivity contribution in [1.82, 2.24) is 14.9 Å². The molecule has 8 nitrogen and oxygen atoms in total. The maximum atomic E-state index is 12.8. The molecule has 3 N–H and O–H groups in total. The Balaban J connectivity index is 1.61. The molecule has 2 aromatic rings. The lowest BCUT2D eigenvalue weighted by molar-refractivity contribution is -0.125. The van der Waals surface area contributed by atoms with Gasteiger partial charge in [0.2, 0.25) is 11.8 Å². The second-order valence-corrected chi connectivity index (χ2v) is 8.15. The summed E-state index contributed by atoms with van der Waals surface area (Å²) in [6.07, 6.45) is 9.83. The molecule has 1 aliphatic heterocycles. The fourth-order valence-electron chi connectivity index (χ4n) is 4.05. The van der Waals surface area contributed by atoms with E-state index < -0.39 is 0 Å². The lowest BCUT2D eigenvalue weighted by atomic mass is 10.1. The van der Waals surface area contributed by atoms with Crippen molar-refractivity contribution in [3.05, 3.63) is 53.1 Å². The molecule has 0 spiro atoms. The van der Waals surface area contributed by atoms with Crippen LogP contribution in [0, 0.1) is 5.92 Å². The van der Waals surface area contributed by atoms with Gasteiger partial charge in [0, 0.05) is 62.3 Å². The molecule has 1 aliphatic carbocycles. The molecule has 2 aliphatic rings. The molecular formula is C23H29N5O3. The Bertz CT molecular complexity index is 1010. The van der Waals surface area contributed by atoms with Gasteiger partial charge in [-0.2, -0.15) is 0 Å². The van der Waals surface area contributed by atoms with Gasteiger partial charge in [0.1, 0.15) is 5.69 Å². The number of aromatic amines is 1. The molecule has 31 heavy (non-hydrogen) atoms. The Kier molecular flexibility index (Phi) is 6.36. The molecule has 2 fully saturated rings. The first kappa shape index (κ1) is 21.1. The van der Waals surface area contributed by atoms with Crippen molar-refractivity contribution in [2.24, 2.45) is 11.7 Å². The van der Waals surface area contributed by atoms with Gasteiger partial charge in [0.15, 0.2) is 0 Å². The Morgan fingerprint density at radius 3 is 2.94 bits per heavy atom. The molecule has 1 saturated heterocycles. The number of hydrogen-bond donors (Lipinski definition) is 2. The topological polar surface area (TPSA) is 105 Å². The molecular weight excluding hydrogens is 394 g/mol. The highest BCUT2D eigenvalue weighted by molar-refractivity contribution is 5.88. The first-order valence-electron chi connectivity index (χ1n) is 10.7. The lowest BCUT2D eigenvalue weighted by Crippen LogP contribution is -2.42. The molecule has 1 amide bonds. The Morgan fingerprint density at radius 2 is 2.19 bits per heavy atom. The van der Waals surface area contributed by atoms with E-state index in [4.69, 9.17) is 10.5 Å². The highest BCUT2D eigenvalue weighted by Gasteiger charge is 2.34. The van der Waals surface area contributed by atoms with Gasteiger partial charge in [-0.25, -0.2) is 4.98 Å². The van der Waals surface area contributed by atoms with Crippen molar-refractivity contribution in [1.29, 1.82) is 0 Å². The summed E-state index contributed by atoms with van der Waals surface area (Å²) < 4.78 is 5.24. The van der Waals surface area contributed by atoms with Crippen LogP contribution in [0.25, 0.3) is 11.1 Å². The third-order valence-corrected chi connectivity index (χ3v) is 5.93. The first-order valence-corrected chi connectivity index (χ1v) is 10.7. The molecule has 0 unspecified atom stereocenters. The molecule has 0 bridgehead atoms. The second kappa shape index (κ2) is 9.34. The summed E-state index contributed by atoms with van der Waals surface area (Å²) in [5.41, 5.74) is 7.83. The molecule has 3 heterocycles. The number of nitrogens with one attached hydrogen (secondary N) is 1. The van der Waals surface area contributed by atoms with Gasteiger partial charge in [0.25, 0.3) is 5.56 Å². The van der Waals surface area contributed by atoms with Gasteiger partial charge < -0.3 is 25.3 Å². The van der Waals surface area contributed by atoms with Crippen LogP contribution in [0.2, 0.25) is 0 Å². The summed E-state index contributed by atoms with van der Waals surface area (Å²) in [5, 5.41) is 0. The number of H-pyrrole nitrogens is 1. The summed E-state index contributed by atoms with van der Waals surface area (Å²) in [6.45, 7) is 2.46. The number of ether oxygens (including phenoxy) is 1. The quantitative estimate of drug-likeness (QED) is 0.627. The minimum absolute atomic E-state index is 0.0223. The molecule has 164 valence electrons. The van der Waals surface area contributed by atoms with Gasteiger partial charge in [0.05, 0.1) is 7.11 Å². The van der Waals surface area contributed by atoms with Crippen molar-refractivity contribution in [2.45, 2.75) is 25.3 Å². The summed E-state index contributed by atoms with van der Waals surface area (Å²) in [7, 11) is 1.58. The zero-order valence-electron chi connectivity index (χ0n) is 17.8. The fourth-order valence-corrected chi connectivity index (χ4v) is 4.05. The standard InChI is InChI=1S/C23H29N5O3/c1-31-21-12-17(6-9-25-21)18-11-20(23(30)26-13-18)28(14-16-4-5-16)19-7-10-27(15-19)22(29)3-2-8-24/h2-3,6,9,11-13,16,19H,4-5,7-8,10,14-15,24H2,1H3,(H,26,30)/b3-2+/t19-/m0/s1. The summed E-state index contributed by atoms with van der Waals surface area (Å²) >= 11 is 0. The van der Waals surface area contributed by atoms with E-state index in [0.29, 0.717) is 37.1 Å². The monoisotopic (exact) mass is 423 g/mol. The van der Waals surface area contributed by atoms with E-state index in [1.165, 1.54) is 18.9 Å². The normalized spacial score (nSPS) is 18.5. The van der Waals surface area contributed by atoms with Crippen LogP contribution in [-0.4, -0.2) is 60.1 Å². The van der Waals surface area contributed by atoms with Crippen molar-refractivity contribution < 1.29 is 9.53 Å². The molecule has 2 aromatic heterocycles. The number of carbonyl (C=O) groups excluding carboxylic acids is 1. The van der Waals surface area contributed by atoms with Crippen molar-refractivity contribution >= 4 is 11.6 Å². The zero-order valence-corrected chi connectivity index (χ0v) is 17.8. The molecule has 1 saturated carbocycles. The van der Waals surface area contributed by atoms with E-state index >= 15 is 0 Å². The van der Waals surface area contributed by atoms with Crippen LogP contribution < -0.4 is 20.9 Å². The van der Waals surface area contributed by atoms with Crippen LogP contribution in [0.15, 0.2) is 47.5 Å². The van der Waals surface area contributed by atoms with Crippen LogP contribution in [0.5, 0.6) is 5.88 Å². The van der Waals surface area contributed by atoms with Crippen molar-refractivity contribution in [2.75, 3.05) is 38.2 Å². The fraction of sp³-hybridized carbons (Fsp3) is 0.435. The number of rotatable bonds is 8. The number of nitrogens with zero attached hydrogens (tertiary/aromatic N) is 3. The highest BCUT2D eigenvalue weighted by Crippen LogP contribution is 2.34. The minimum Gasteiger partial charge on any atom is -0.481 e. The number of aromatic nitrogens is 2. The van der Waals surface area contributed by atoms with Crippen molar-refractivity contribution in [3.63, 3.8) is 0 Å². The van der Waals surface area contributed by atoms with E-state index in [0.717, 1.165) is 24.1 Å². The molecule has 0 aromatic carbocycles.